The van der Waals surface area contributed by atoms with E-state index in [2.05, 4.69) is 11.9 Å². The number of hydrogen-bond donors (Lipinski definition) is 0. The molecule has 2 aromatic heterocycles. The molecule has 3 aromatic rings. The van der Waals surface area contributed by atoms with E-state index >= 15 is 0 Å². The third-order valence-electron chi connectivity index (χ3n) is 4.30. The summed E-state index contributed by atoms with van der Waals surface area (Å²) in [5.41, 5.74) is 1.76. The largest absolute Gasteiger partial charge is 0.296 e. The lowest BCUT2D eigenvalue weighted by Gasteiger charge is -2.10. The van der Waals surface area contributed by atoms with Crippen LogP contribution in [0.3, 0.4) is 0 Å². The Hall–Kier alpha value is -2.01. The molecule has 0 aliphatic heterocycles. The van der Waals surface area contributed by atoms with Gasteiger partial charge >= 0.3 is 0 Å². The molecule has 126 valence electrons. The van der Waals surface area contributed by atoms with E-state index in [4.69, 9.17) is 0 Å². The second kappa shape index (κ2) is 6.85. The van der Waals surface area contributed by atoms with Crippen molar-refractivity contribution in [1.82, 2.24) is 9.55 Å². The smallest absolute Gasteiger partial charge is 0.262 e. The molecule has 0 atom stereocenters. The highest BCUT2D eigenvalue weighted by Crippen LogP contribution is 2.35. The van der Waals surface area contributed by atoms with Crippen molar-refractivity contribution in [3.05, 3.63) is 51.1 Å². The number of halogens is 1. The molecule has 0 aliphatic rings. The van der Waals surface area contributed by atoms with Crippen LogP contribution in [0.25, 0.3) is 21.3 Å². The van der Waals surface area contributed by atoms with Gasteiger partial charge in [-0.05, 0) is 38.0 Å². The first kappa shape index (κ1) is 16.8. The van der Waals surface area contributed by atoms with Gasteiger partial charge in [0, 0.05) is 17.0 Å². The Bertz CT molecular complexity index is 925. The van der Waals surface area contributed by atoms with E-state index in [-0.39, 0.29) is 11.4 Å². The Morgan fingerprint density at radius 3 is 2.54 bits per heavy atom. The van der Waals surface area contributed by atoms with E-state index in [0.717, 1.165) is 45.9 Å². The minimum absolute atomic E-state index is 0.0114. The van der Waals surface area contributed by atoms with Crippen molar-refractivity contribution in [2.45, 2.75) is 46.6 Å². The number of fused-ring (bicyclic) bond motifs is 1. The zero-order valence-corrected chi connectivity index (χ0v) is 15.0. The molecule has 0 N–H and O–H groups in total. The van der Waals surface area contributed by atoms with E-state index in [1.807, 2.05) is 13.8 Å². The highest BCUT2D eigenvalue weighted by molar-refractivity contribution is 7.19. The van der Waals surface area contributed by atoms with Gasteiger partial charge in [-0.15, -0.1) is 11.3 Å². The van der Waals surface area contributed by atoms with Gasteiger partial charge in [0.05, 0.1) is 5.39 Å². The molecule has 3 nitrogen and oxygen atoms in total. The summed E-state index contributed by atoms with van der Waals surface area (Å²) in [6.07, 6.45) is 3.18. The van der Waals surface area contributed by atoms with Crippen LogP contribution in [0.5, 0.6) is 0 Å². The summed E-state index contributed by atoms with van der Waals surface area (Å²) in [6.45, 7) is 6.71. The third-order valence-corrected chi connectivity index (χ3v) is 5.30. The van der Waals surface area contributed by atoms with Crippen LogP contribution >= 0.6 is 11.3 Å². The first-order valence-electron chi connectivity index (χ1n) is 8.29. The molecule has 0 bridgehead atoms. The van der Waals surface area contributed by atoms with Crippen molar-refractivity contribution in [3.63, 3.8) is 0 Å². The monoisotopic (exact) mass is 344 g/mol. The second-order valence-electron chi connectivity index (χ2n) is 6.04. The fourth-order valence-electron chi connectivity index (χ4n) is 3.04. The predicted molar refractivity (Wildman–Crippen MR) is 98.3 cm³/mol. The van der Waals surface area contributed by atoms with Gasteiger partial charge in [0.1, 0.15) is 16.5 Å². The molecule has 0 radical (unpaired) electrons. The van der Waals surface area contributed by atoms with Gasteiger partial charge in [0.15, 0.2) is 0 Å². The van der Waals surface area contributed by atoms with Crippen LogP contribution in [0.15, 0.2) is 29.1 Å². The Kier molecular flexibility index (Phi) is 4.81. The Morgan fingerprint density at radius 1 is 1.17 bits per heavy atom. The number of aryl methyl sites for hydroxylation is 2. The van der Waals surface area contributed by atoms with Gasteiger partial charge in [0.25, 0.3) is 5.56 Å². The first-order chi connectivity index (χ1) is 11.5. The fraction of sp³-hybridized carbons (Fsp3) is 0.368. The lowest BCUT2D eigenvalue weighted by Crippen LogP contribution is -2.23. The van der Waals surface area contributed by atoms with Crippen LogP contribution < -0.4 is 5.56 Å². The second-order valence-corrected chi connectivity index (χ2v) is 7.25. The number of unbranched alkanes of at least 4 members (excludes halogenated alkanes) is 2. The van der Waals surface area contributed by atoms with Crippen LogP contribution in [0.1, 0.15) is 36.9 Å². The van der Waals surface area contributed by atoms with Gasteiger partial charge < -0.3 is 0 Å². The average Bonchev–Trinajstić information content (AvgIpc) is 2.87. The Balaban J connectivity index is 2.20. The number of nitrogens with zero attached hydrogens (tertiary/aromatic N) is 2. The van der Waals surface area contributed by atoms with Crippen molar-refractivity contribution < 1.29 is 4.39 Å². The van der Waals surface area contributed by atoms with Crippen LogP contribution in [0, 0.1) is 19.7 Å². The molecule has 0 saturated heterocycles. The Morgan fingerprint density at radius 2 is 1.88 bits per heavy atom. The first-order valence-corrected chi connectivity index (χ1v) is 9.11. The number of aromatic nitrogens is 2. The minimum Gasteiger partial charge on any atom is -0.296 e. The van der Waals surface area contributed by atoms with Crippen LogP contribution in [0.2, 0.25) is 0 Å². The van der Waals surface area contributed by atoms with Crippen LogP contribution in [-0.2, 0) is 6.54 Å². The van der Waals surface area contributed by atoms with Gasteiger partial charge in [-0.2, -0.15) is 0 Å². The normalized spacial score (nSPS) is 11.3. The lowest BCUT2D eigenvalue weighted by molar-refractivity contribution is 0.570. The summed E-state index contributed by atoms with van der Waals surface area (Å²) in [6, 6.07) is 6.31. The lowest BCUT2D eigenvalue weighted by atomic mass is 10.0. The van der Waals surface area contributed by atoms with Crippen molar-refractivity contribution >= 4 is 21.6 Å². The number of rotatable bonds is 5. The fourth-order valence-corrected chi connectivity index (χ4v) is 4.13. The molecule has 0 aliphatic carbocycles. The molecular formula is C19H21FN2OS. The molecule has 0 spiro atoms. The summed E-state index contributed by atoms with van der Waals surface area (Å²) < 4.78 is 15.0. The molecule has 5 heteroatoms. The Labute approximate surface area is 144 Å². The third kappa shape index (κ3) is 3.00. The maximum atomic E-state index is 13.2. The van der Waals surface area contributed by atoms with Crippen LogP contribution in [-0.4, -0.2) is 9.55 Å². The van der Waals surface area contributed by atoms with E-state index < -0.39 is 0 Å². The van der Waals surface area contributed by atoms with E-state index in [1.54, 1.807) is 16.7 Å². The quantitative estimate of drug-likeness (QED) is 0.606. The van der Waals surface area contributed by atoms with Crippen molar-refractivity contribution in [2.24, 2.45) is 0 Å². The summed E-state index contributed by atoms with van der Waals surface area (Å²) in [4.78, 5) is 19.5. The standard InChI is InChI=1S/C19H21FN2OS/c1-4-5-6-11-22-13(3)21-18-17(19(22)23)16(12(2)24-18)14-7-9-15(20)10-8-14/h7-10H,4-6,11H2,1-3H3. The molecule has 1 aromatic carbocycles. The highest BCUT2D eigenvalue weighted by Gasteiger charge is 2.18. The summed E-state index contributed by atoms with van der Waals surface area (Å²) in [5.74, 6) is 0.484. The molecule has 0 amide bonds. The topological polar surface area (TPSA) is 34.9 Å². The van der Waals surface area contributed by atoms with Gasteiger partial charge in [-0.25, -0.2) is 9.37 Å². The van der Waals surface area contributed by atoms with E-state index in [9.17, 15) is 9.18 Å². The number of benzene rings is 1. The van der Waals surface area contributed by atoms with Gasteiger partial charge in [0.2, 0.25) is 0 Å². The maximum absolute atomic E-state index is 13.2. The SMILES string of the molecule is CCCCCn1c(C)nc2sc(C)c(-c3ccc(F)cc3)c2c1=O. The minimum atomic E-state index is -0.276. The molecule has 0 fully saturated rings. The van der Waals surface area contributed by atoms with Crippen LogP contribution in [0.4, 0.5) is 4.39 Å². The summed E-state index contributed by atoms with van der Waals surface area (Å²) in [7, 11) is 0. The molecule has 24 heavy (non-hydrogen) atoms. The predicted octanol–water partition coefficient (Wildman–Crippen LogP) is 5.07. The van der Waals surface area contributed by atoms with E-state index in [0.29, 0.717) is 11.9 Å². The van der Waals surface area contributed by atoms with Gasteiger partial charge in [-0.3, -0.25) is 9.36 Å². The average molecular weight is 344 g/mol. The number of hydrogen-bond acceptors (Lipinski definition) is 3. The van der Waals surface area contributed by atoms with E-state index in [1.165, 1.54) is 23.5 Å². The maximum Gasteiger partial charge on any atom is 0.262 e. The summed E-state index contributed by atoms with van der Waals surface area (Å²) in [5, 5.41) is 0.659. The molecular weight excluding hydrogens is 323 g/mol. The van der Waals surface area contributed by atoms with Gasteiger partial charge in [-0.1, -0.05) is 31.9 Å². The molecule has 0 saturated carbocycles. The molecule has 3 rings (SSSR count). The zero-order valence-electron chi connectivity index (χ0n) is 14.2. The number of thiophene rings is 1. The van der Waals surface area contributed by atoms with Crippen molar-refractivity contribution in [1.29, 1.82) is 0 Å². The summed E-state index contributed by atoms with van der Waals surface area (Å²) >= 11 is 1.52. The van der Waals surface area contributed by atoms with Crippen molar-refractivity contribution in [2.75, 3.05) is 0 Å². The highest BCUT2D eigenvalue weighted by atomic mass is 32.1. The van der Waals surface area contributed by atoms with Crippen molar-refractivity contribution in [3.8, 4) is 11.1 Å². The zero-order chi connectivity index (χ0) is 17.3. The molecule has 0 unspecified atom stereocenters. The molecule has 2 heterocycles.